The molecule has 6 nitrogen and oxygen atoms in total. The zero-order chi connectivity index (χ0) is 19.1. The molecule has 0 spiro atoms. The number of nitrogens with one attached hydrogen (secondary N) is 2. The molecule has 134 valence electrons. The molecule has 3 rings (SSSR count). The van der Waals surface area contributed by atoms with Crippen LogP contribution >= 0.6 is 22.6 Å². The van der Waals surface area contributed by atoms with Gasteiger partial charge in [-0.15, -0.1) is 0 Å². The smallest absolute Gasteiger partial charge is 0.259 e. The molecular formula is C20H15IN4O2. The quantitative estimate of drug-likeness (QED) is 0.324. The molecule has 2 aromatic carbocycles. The van der Waals surface area contributed by atoms with Crippen molar-refractivity contribution in [3.63, 3.8) is 0 Å². The summed E-state index contributed by atoms with van der Waals surface area (Å²) in [4.78, 5) is 11.8. The Morgan fingerprint density at radius 1 is 1.15 bits per heavy atom. The van der Waals surface area contributed by atoms with Crippen molar-refractivity contribution in [1.82, 2.24) is 5.43 Å². The molecule has 0 radical (unpaired) electrons. The molecule has 0 fully saturated rings. The van der Waals surface area contributed by atoms with Crippen LogP contribution < -0.4 is 10.7 Å². The lowest BCUT2D eigenvalue weighted by Gasteiger charge is -2.04. The number of benzene rings is 2. The largest absolute Gasteiger partial charge is 0.455 e. The van der Waals surface area contributed by atoms with E-state index in [9.17, 15) is 4.79 Å². The lowest BCUT2D eigenvalue weighted by Crippen LogP contribution is -2.25. The number of nitrogens with zero attached hydrogens (tertiary/aromatic N) is 2. The van der Waals surface area contributed by atoms with Gasteiger partial charge in [0.1, 0.15) is 11.5 Å². The number of hydrazone groups is 1. The Bertz CT molecular complexity index is 1000. The minimum Gasteiger partial charge on any atom is -0.455 e. The first-order chi connectivity index (χ1) is 13.2. The second-order valence-corrected chi connectivity index (χ2v) is 6.76. The minimum absolute atomic E-state index is 0.108. The van der Waals surface area contributed by atoms with Crippen LogP contribution in [-0.2, 0) is 4.79 Å². The topological polar surface area (TPSA) is 90.4 Å². The first-order valence-corrected chi connectivity index (χ1v) is 9.14. The third-order valence-corrected chi connectivity index (χ3v) is 4.34. The molecule has 0 aliphatic heterocycles. The second kappa shape index (κ2) is 9.00. The lowest BCUT2D eigenvalue weighted by atomic mass is 10.1. The van der Waals surface area contributed by atoms with Gasteiger partial charge in [-0.1, -0.05) is 12.1 Å². The van der Waals surface area contributed by atoms with E-state index in [4.69, 9.17) is 9.68 Å². The zero-order valence-corrected chi connectivity index (χ0v) is 16.3. The van der Waals surface area contributed by atoms with Crippen molar-refractivity contribution in [2.75, 3.05) is 11.9 Å². The third-order valence-electron chi connectivity index (χ3n) is 3.62. The Morgan fingerprint density at radius 3 is 2.70 bits per heavy atom. The van der Waals surface area contributed by atoms with E-state index in [0.717, 1.165) is 9.26 Å². The Kier molecular flexibility index (Phi) is 6.22. The summed E-state index contributed by atoms with van der Waals surface area (Å²) < 4.78 is 6.79. The van der Waals surface area contributed by atoms with Crippen LogP contribution in [0.2, 0.25) is 0 Å². The molecule has 0 unspecified atom stereocenters. The molecule has 7 heteroatoms. The van der Waals surface area contributed by atoms with Gasteiger partial charge in [0.2, 0.25) is 0 Å². The fraction of sp³-hybridized carbons (Fsp3) is 0.0500. The number of amides is 1. The Labute approximate surface area is 170 Å². The first kappa shape index (κ1) is 18.7. The lowest BCUT2D eigenvalue weighted by molar-refractivity contribution is -0.119. The van der Waals surface area contributed by atoms with E-state index in [2.05, 4.69) is 44.5 Å². The van der Waals surface area contributed by atoms with Gasteiger partial charge in [0.25, 0.3) is 5.91 Å². The first-order valence-electron chi connectivity index (χ1n) is 8.06. The van der Waals surface area contributed by atoms with E-state index in [0.29, 0.717) is 22.6 Å². The molecular weight excluding hydrogens is 455 g/mol. The van der Waals surface area contributed by atoms with E-state index in [1.54, 1.807) is 24.3 Å². The highest BCUT2D eigenvalue weighted by molar-refractivity contribution is 14.1. The van der Waals surface area contributed by atoms with E-state index in [-0.39, 0.29) is 12.5 Å². The van der Waals surface area contributed by atoms with Crippen LogP contribution in [0.1, 0.15) is 11.3 Å². The summed E-state index contributed by atoms with van der Waals surface area (Å²) in [5.74, 6) is 0.773. The van der Waals surface area contributed by atoms with Crippen molar-refractivity contribution < 1.29 is 9.21 Å². The van der Waals surface area contributed by atoms with Crippen LogP contribution in [0.25, 0.3) is 11.3 Å². The van der Waals surface area contributed by atoms with Gasteiger partial charge in [0.05, 0.1) is 24.4 Å². The average Bonchev–Trinajstić information content (AvgIpc) is 3.16. The van der Waals surface area contributed by atoms with Crippen molar-refractivity contribution in [3.05, 3.63) is 75.6 Å². The molecule has 27 heavy (non-hydrogen) atoms. The predicted octanol–water partition coefficient (Wildman–Crippen LogP) is 3.99. The number of furan rings is 1. The van der Waals surface area contributed by atoms with E-state index >= 15 is 0 Å². The van der Waals surface area contributed by atoms with E-state index in [1.807, 2.05) is 36.4 Å². The highest BCUT2D eigenvalue weighted by atomic mass is 127. The van der Waals surface area contributed by atoms with E-state index in [1.165, 1.54) is 6.21 Å². The predicted molar refractivity (Wildman–Crippen MR) is 112 cm³/mol. The minimum atomic E-state index is -0.272. The number of hydrogen-bond donors (Lipinski definition) is 2. The van der Waals surface area contributed by atoms with Crippen LogP contribution in [0.5, 0.6) is 0 Å². The molecule has 0 aliphatic rings. The van der Waals surface area contributed by atoms with Gasteiger partial charge in [0.15, 0.2) is 0 Å². The maximum atomic E-state index is 11.8. The van der Waals surface area contributed by atoms with Crippen molar-refractivity contribution >= 4 is 40.4 Å². The molecule has 1 aromatic heterocycles. The molecule has 0 bridgehead atoms. The van der Waals surface area contributed by atoms with Crippen LogP contribution in [-0.4, -0.2) is 18.7 Å². The number of anilines is 1. The van der Waals surface area contributed by atoms with Crippen molar-refractivity contribution in [3.8, 4) is 17.4 Å². The Hall–Kier alpha value is -3.12. The molecule has 1 amide bonds. The van der Waals surface area contributed by atoms with Crippen molar-refractivity contribution in [2.24, 2.45) is 5.10 Å². The van der Waals surface area contributed by atoms with Gasteiger partial charge in [-0.3, -0.25) is 4.79 Å². The summed E-state index contributed by atoms with van der Waals surface area (Å²) in [7, 11) is 0. The number of carbonyl (C=O) groups excluding carboxylic acids is 1. The molecule has 0 saturated heterocycles. The average molecular weight is 470 g/mol. The van der Waals surface area contributed by atoms with Gasteiger partial charge < -0.3 is 9.73 Å². The van der Waals surface area contributed by atoms with Crippen molar-refractivity contribution in [2.45, 2.75) is 0 Å². The highest BCUT2D eigenvalue weighted by Crippen LogP contribution is 2.24. The SMILES string of the molecule is N#Cc1ccccc1-c1ccc(/C=N\NC(=O)CNc2ccc(I)cc2)o1. The Morgan fingerprint density at radius 2 is 1.93 bits per heavy atom. The molecule has 0 saturated carbocycles. The maximum absolute atomic E-state index is 11.8. The normalized spacial score (nSPS) is 10.5. The van der Waals surface area contributed by atoms with Gasteiger partial charge in [-0.05, 0) is 71.1 Å². The Balaban J connectivity index is 1.54. The fourth-order valence-electron chi connectivity index (χ4n) is 2.32. The van der Waals surface area contributed by atoms with E-state index < -0.39 is 0 Å². The molecule has 1 heterocycles. The summed E-state index contributed by atoms with van der Waals surface area (Å²) in [5.41, 5.74) is 4.55. The standard InChI is InChI=1S/C20H15IN4O2/c21-15-5-7-16(8-6-15)23-13-20(26)25-24-12-17-9-10-19(27-17)18-4-2-1-3-14(18)11-22/h1-10,12,23H,13H2,(H,25,26)/b24-12-. The molecule has 0 aliphatic carbocycles. The van der Waals surface area contributed by atoms with Gasteiger partial charge in [-0.2, -0.15) is 10.4 Å². The summed E-state index contributed by atoms with van der Waals surface area (Å²) in [6, 6.07) is 20.5. The monoisotopic (exact) mass is 470 g/mol. The van der Waals surface area contributed by atoms with Crippen LogP contribution in [0, 0.1) is 14.9 Å². The van der Waals surface area contributed by atoms with Crippen LogP contribution in [0.15, 0.2) is 70.2 Å². The summed E-state index contributed by atoms with van der Waals surface area (Å²) in [6.07, 6.45) is 1.42. The van der Waals surface area contributed by atoms with Crippen molar-refractivity contribution in [1.29, 1.82) is 5.26 Å². The third kappa shape index (κ3) is 5.18. The van der Waals surface area contributed by atoms with Gasteiger partial charge in [0, 0.05) is 14.8 Å². The van der Waals surface area contributed by atoms with Crippen LogP contribution in [0.3, 0.4) is 0 Å². The number of hydrogen-bond acceptors (Lipinski definition) is 5. The second-order valence-electron chi connectivity index (χ2n) is 5.51. The van der Waals surface area contributed by atoms with Crippen LogP contribution in [0.4, 0.5) is 5.69 Å². The van der Waals surface area contributed by atoms with Gasteiger partial charge >= 0.3 is 0 Å². The number of carbonyl (C=O) groups is 1. The number of halogens is 1. The maximum Gasteiger partial charge on any atom is 0.259 e. The summed E-state index contributed by atoms with van der Waals surface area (Å²) in [5, 5.41) is 16.1. The molecule has 2 N–H and O–H groups in total. The zero-order valence-electron chi connectivity index (χ0n) is 14.1. The molecule has 3 aromatic rings. The summed E-state index contributed by atoms with van der Waals surface area (Å²) in [6.45, 7) is 0.108. The highest BCUT2D eigenvalue weighted by Gasteiger charge is 2.08. The molecule has 0 atom stereocenters. The van der Waals surface area contributed by atoms with Gasteiger partial charge in [-0.25, -0.2) is 5.43 Å². The fourth-order valence-corrected chi connectivity index (χ4v) is 2.68. The summed E-state index contributed by atoms with van der Waals surface area (Å²) >= 11 is 2.22. The number of rotatable bonds is 6. The number of nitriles is 1.